The van der Waals surface area contributed by atoms with Crippen molar-refractivity contribution >= 4 is 17.6 Å². The Kier molecular flexibility index (Phi) is 8.04. The monoisotopic (exact) mass is 534 g/mol. The van der Waals surface area contributed by atoms with Gasteiger partial charge in [-0.3, -0.25) is 9.69 Å². The summed E-state index contributed by atoms with van der Waals surface area (Å²) in [5, 5.41) is 0. The SMILES string of the molecule is O=C(C[N+]12CCC(CC1)[C@@H](OC(=O)N(Cc1ccccc1)c1ccccc1)C2)c1ccccc1.[Br-]. The van der Waals surface area contributed by atoms with E-state index in [0.29, 0.717) is 30.0 Å². The number of fused-ring (bicyclic) bond motifs is 3. The number of halogens is 1. The molecule has 1 atom stereocenters. The first-order valence-corrected chi connectivity index (χ1v) is 12.1. The first-order valence-electron chi connectivity index (χ1n) is 12.1. The van der Waals surface area contributed by atoms with E-state index in [9.17, 15) is 9.59 Å². The Morgan fingerprint density at radius 3 is 2.03 bits per heavy atom. The number of hydrogen-bond donors (Lipinski definition) is 0. The summed E-state index contributed by atoms with van der Waals surface area (Å²) in [6.07, 6.45) is 1.50. The largest absolute Gasteiger partial charge is 1.00 e. The minimum absolute atomic E-state index is 0. The minimum Gasteiger partial charge on any atom is -1.00 e. The molecular weight excluding hydrogens is 504 g/mol. The fourth-order valence-corrected chi connectivity index (χ4v) is 5.43. The number of carbonyl (C=O) groups excluding carboxylic acids is 2. The van der Waals surface area contributed by atoms with Gasteiger partial charge < -0.3 is 26.2 Å². The molecule has 35 heavy (non-hydrogen) atoms. The molecule has 6 heteroatoms. The number of nitrogens with zero attached hydrogens (tertiary/aromatic N) is 2. The van der Waals surface area contributed by atoms with Crippen LogP contribution in [0.4, 0.5) is 10.5 Å². The van der Waals surface area contributed by atoms with Crippen LogP contribution < -0.4 is 21.9 Å². The Labute approximate surface area is 217 Å². The van der Waals surface area contributed by atoms with Crippen molar-refractivity contribution in [1.29, 1.82) is 0 Å². The Bertz CT molecular complexity index is 1120. The Morgan fingerprint density at radius 2 is 1.40 bits per heavy atom. The molecule has 0 unspecified atom stereocenters. The first-order chi connectivity index (χ1) is 16.6. The summed E-state index contributed by atoms with van der Waals surface area (Å²) in [4.78, 5) is 28.2. The van der Waals surface area contributed by atoms with Gasteiger partial charge in [0.2, 0.25) is 5.78 Å². The molecule has 0 spiro atoms. The lowest BCUT2D eigenvalue weighted by Crippen LogP contribution is -3.00. The van der Waals surface area contributed by atoms with E-state index in [1.165, 1.54) is 0 Å². The van der Waals surface area contributed by atoms with Crippen LogP contribution in [0.3, 0.4) is 0 Å². The van der Waals surface area contributed by atoms with Crippen molar-refractivity contribution < 1.29 is 35.8 Å². The van der Waals surface area contributed by atoms with Crippen LogP contribution in [-0.2, 0) is 11.3 Å². The van der Waals surface area contributed by atoms with Gasteiger partial charge in [0.15, 0.2) is 6.10 Å². The van der Waals surface area contributed by atoms with E-state index >= 15 is 0 Å². The normalized spacial score (nSPS) is 22.6. The second-order valence-electron chi connectivity index (χ2n) is 9.59. The lowest BCUT2D eigenvalue weighted by atomic mass is 9.83. The molecule has 1 amide bonds. The molecule has 0 radical (unpaired) electrons. The third-order valence-corrected chi connectivity index (χ3v) is 7.34. The summed E-state index contributed by atoms with van der Waals surface area (Å²) in [5.74, 6) is 0.533. The van der Waals surface area contributed by atoms with Crippen molar-refractivity contribution in [3.05, 3.63) is 102 Å². The molecule has 5 nitrogen and oxygen atoms in total. The zero-order chi connectivity index (χ0) is 23.4. The Morgan fingerprint density at radius 1 is 0.829 bits per heavy atom. The van der Waals surface area contributed by atoms with Crippen LogP contribution in [0.5, 0.6) is 0 Å². The van der Waals surface area contributed by atoms with Gasteiger partial charge in [0, 0.05) is 30.0 Å². The molecule has 182 valence electrons. The lowest BCUT2D eigenvalue weighted by Gasteiger charge is -2.51. The highest BCUT2D eigenvalue weighted by atomic mass is 79.9. The Hall–Kier alpha value is -2.96. The van der Waals surface area contributed by atoms with Crippen molar-refractivity contribution in [2.75, 3.05) is 31.1 Å². The second kappa shape index (κ2) is 11.2. The van der Waals surface area contributed by atoms with Crippen molar-refractivity contribution in [3.63, 3.8) is 0 Å². The topological polar surface area (TPSA) is 46.6 Å². The number of quaternary nitrogens is 1. The number of ketones is 1. The molecule has 3 aliphatic rings. The number of para-hydroxylation sites is 1. The van der Waals surface area contributed by atoms with Gasteiger partial charge in [-0.15, -0.1) is 0 Å². The van der Waals surface area contributed by atoms with E-state index in [0.717, 1.165) is 42.7 Å². The summed E-state index contributed by atoms with van der Waals surface area (Å²) in [5.41, 5.74) is 2.63. The van der Waals surface area contributed by atoms with Gasteiger partial charge >= 0.3 is 6.09 Å². The molecule has 2 bridgehead atoms. The molecule has 3 aromatic carbocycles. The van der Waals surface area contributed by atoms with E-state index in [-0.39, 0.29) is 35.0 Å². The first kappa shape index (κ1) is 25.1. The fraction of sp³-hybridized carbons (Fsp3) is 0.310. The maximum absolute atomic E-state index is 13.5. The highest BCUT2D eigenvalue weighted by Gasteiger charge is 2.48. The standard InChI is InChI=1S/C29H31N2O3.BrH/c32-27(24-12-6-2-7-13-24)21-31-18-16-25(17-19-31)28(22-31)34-29(33)30(26-14-8-3-9-15-26)20-23-10-4-1-5-11-23;/h1-15,25,28H,16-22H2;1H/q+1;/p-1/t25?,28-,31?;/m0./s1. The van der Waals surface area contributed by atoms with Crippen LogP contribution in [0.25, 0.3) is 0 Å². The van der Waals surface area contributed by atoms with Gasteiger partial charge in [0.1, 0.15) is 13.1 Å². The third kappa shape index (κ3) is 5.82. The number of anilines is 1. The molecule has 3 aromatic rings. The van der Waals surface area contributed by atoms with Crippen molar-refractivity contribution in [2.45, 2.75) is 25.5 Å². The number of carbonyl (C=O) groups is 2. The van der Waals surface area contributed by atoms with E-state index < -0.39 is 0 Å². The second-order valence-corrected chi connectivity index (χ2v) is 9.59. The maximum Gasteiger partial charge on any atom is 0.415 e. The zero-order valence-electron chi connectivity index (χ0n) is 19.8. The summed E-state index contributed by atoms with van der Waals surface area (Å²) in [7, 11) is 0. The highest BCUT2D eigenvalue weighted by Crippen LogP contribution is 2.36. The number of hydrogen-bond acceptors (Lipinski definition) is 3. The number of Topliss-reactive ketones (excluding diaryl/α,β-unsaturated/α-hetero) is 1. The molecule has 0 saturated carbocycles. The molecule has 3 fully saturated rings. The summed E-state index contributed by atoms with van der Waals surface area (Å²) < 4.78 is 6.90. The molecule has 3 aliphatic heterocycles. The molecule has 0 N–H and O–H groups in total. The van der Waals surface area contributed by atoms with E-state index in [2.05, 4.69) is 0 Å². The zero-order valence-corrected chi connectivity index (χ0v) is 21.3. The van der Waals surface area contributed by atoms with Gasteiger partial charge in [-0.25, -0.2) is 4.79 Å². The predicted molar refractivity (Wildman–Crippen MR) is 133 cm³/mol. The average Bonchev–Trinajstić information content (AvgIpc) is 2.89. The van der Waals surface area contributed by atoms with Crippen LogP contribution in [0.2, 0.25) is 0 Å². The third-order valence-electron chi connectivity index (χ3n) is 7.34. The number of ether oxygens (including phenoxy) is 1. The summed E-state index contributed by atoms with van der Waals surface area (Å²) in [6.45, 7) is 3.58. The van der Waals surface area contributed by atoms with E-state index in [4.69, 9.17) is 4.74 Å². The van der Waals surface area contributed by atoms with Gasteiger partial charge in [-0.05, 0) is 17.7 Å². The summed E-state index contributed by atoms with van der Waals surface area (Å²) in [6, 6.07) is 29.2. The van der Waals surface area contributed by atoms with Crippen LogP contribution in [0.1, 0.15) is 28.8 Å². The van der Waals surface area contributed by atoms with Gasteiger partial charge in [0.05, 0.1) is 19.6 Å². The van der Waals surface area contributed by atoms with Crippen LogP contribution in [0, 0.1) is 5.92 Å². The minimum atomic E-state index is -0.318. The smallest absolute Gasteiger partial charge is 0.415 e. The predicted octanol–water partition coefficient (Wildman–Crippen LogP) is 2.33. The van der Waals surface area contributed by atoms with Crippen molar-refractivity contribution in [2.24, 2.45) is 5.92 Å². The number of benzene rings is 3. The van der Waals surface area contributed by atoms with Gasteiger partial charge in [-0.1, -0.05) is 78.9 Å². The lowest BCUT2D eigenvalue weighted by molar-refractivity contribution is -0.938. The molecule has 3 heterocycles. The molecule has 3 saturated heterocycles. The average molecular weight is 535 g/mol. The van der Waals surface area contributed by atoms with Gasteiger partial charge in [-0.2, -0.15) is 0 Å². The number of piperidine rings is 3. The molecule has 6 rings (SSSR count). The van der Waals surface area contributed by atoms with E-state index in [1.54, 1.807) is 4.90 Å². The quantitative estimate of drug-likeness (QED) is 0.345. The van der Waals surface area contributed by atoms with Crippen LogP contribution >= 0.6 is 0 Å². The number of rotatable bonds is 7. The number of amides is 1. The van der Waals surface area contributed by atoms with Crippen molar-refractivity contribution in [3.8, 4) is 0 Å². The maximum atomic E-state index is 13.5. The van der Waals surface area contributed by atoms with Crippen LogP contribution in [0.15, 0.2) is 91.0 Å². The van der Waals surface area contributed by atoms with Gasteiger partial charge in [0.25, 0.3) is 0 Å². The van der Waals surface area contributed by atoms with Crippen molar-refractivity contribution in [1.82, 2.24) is 0 Å². The fourth-order valence-electron chi connectivity index (χ4n) is 5.43. The summed E-state index contributed by atoms with van der Waals surface area (Å²) >= 11 is 0. The van der Waals surface area contributed by atoms with E-state index in [1.807, 2.05) is 91.0 Å². The van der Waals surface area contributed by atoms with Crippen LogP contribution in [-0.4, -0.2) is 48.6 Å². The molecular formula is C29H31BrN2O3. The molecule has 0 aliphatic carbocycles. The highest BCUT2D eigenvalue weighted by molar-refractivity contribution is 5.97. The Balaban J connectivity index is 0.00000289. The molecule has 0 aromatic heterocycles.